The van der Waals surface area contributed by atoms with E-state index >= 15 is 0 Å². The molecule has 0 saturated carbocycles. The number of carbonyl (C=O) groups is 2. The maximum Gasteiger partial charge on any atom is 0.407 e. The van der Waals surface area contributed by atoms with Crippen LogP contribution in [0.4, 0.5) is 4.79 Å². The van der Waals surface area contributed by atoms with Crippen LogP contribution in [0.25, 0.3) is 0 Å². The molecule has 1 saturated heterocycles. The van der Waals surface area contributed by atoms with Crippen molar-refractivity contribution >= 4 is 23.8 Å². The number of amides is 1. The zero-order chi connectivity index (χ0) is 12.1. The number of carboxylic acids is 1. The van der Waals surface area contributed by atoms with Crippen LogP contribution in [0.15, 0.2) is 0 Å². The van der Waals surface area contributed by atoms with Crippen LogP contribution in [0.3, 0.4) is 0 Å². The van der Waals surface area contributed by atoms with Gasteiger partial charge >= 0.3 is 12.1 Å². The minimum atomic E-state index is -1.33. The average Bonchev–Trinajstić information content (AvgIpc) is 2.26. The number of hydrogen-bond acceptors (Lipinski definition) is 4. The van der Waals surface area contributed by atoms with Crippen LogP contribution in [0.5, 0.6) is 0 Å². The number of aliphatic hydroxyl groups excluding tert-OH is 1. The fraction of sp³-hybridized carbons (Fsp3) is 0.778. The van der Waals surface area contributed by atoms with E-state index in [2.05, 4.69) is 0 Å². The van der Waals surface area contributed by atoms with Crippen molar-refractivity contribution in [2.24, 2.45) is 0 Å². The number of piperidine rings is 1. The van der Waals surface area contributed by atoms with Gasteiger partial charge in [-0.05, 0) is 12.8 Å². The number of nitrogens with zero attached hydrogens (tertiary/aromatic N) is 1. The van der Waals surface area contributed by atoms with Crippen molar-refractivity contribution in [3.8, 4) is 0 Å². The van der Waals surface area contributed by atoms with Crippen LogP contribution >= 0.6 is 11.8 Å². The first-order valence-corrected chi connectivity index (χ1v) is 6.06. The maximum absolute atomic E-state index is 10.6. The zero-order valence-electron chi connectivity index (χ0n) is 8.70. The van der Waals surface area contributed by atoms with E-state index in [1.165, 1.54) is 16.7 Å². The Morgan fingerprint density at radius 2 is 1.88 bits per heavy atom. The molecule has 6 nitrogen and oxygen atoms in total. The van der Waals surface area contributed by atoms with Crippen LogP contribution < -0.4 is 0 Å². The first-order valence-electron chi connectivity index (χ1n) is 5.01. The van der Waals surface area contributed by atoms with Gasteiger partial charge in [0.2, 0.25) is 0 Å². The monoisotopic (exact) mass is 249 g/mol. The SMILES string of the molecule is O=C(O)C(O)CSC1CCN(C(=O)O)CC1. The van der Waals surface area contributed by atoms with Crippen LogP contribution in [0, 0.1) is 0 Å². The molecule has 16 heavy (non-hydrogen) atoms. The Bertz CT molecular complexity index is 265. The molecule has 0 aromatic rings. The Morgan fingerprint density at radius 1 is 1.31 bits per heavy atom. The van der Waals surface area contributed by atoms with E-state index in [9.17, 15) is 9.59 Å². The molecule has 1 fully saturated rings. The molecule has 3 N–H and O–H groups in total. The van der Waals surface area contributed by atoms with Gasteiger partial charge in [0.1, 0.15) is 0 Å². The third kappa shape index (κ3) is 3.90. The normalized spacial score (nSPS) is 19.4. The molecule has 1 unspecified atom stereocenters. The lowest BCUT2D eigenvalue weighted by Gasteiger charge is -2.29. The topological polar surface area (TPSA) is 98.1 Å². The highest BCUT2D eigenvalue weighted by Crippen LogP contribution is 2.23. The van der Waals surface area contributed by atoms with Crippen molar-refractivity contribution in [3.05, 3.63) is 0 Å². The van der Waals surface area contributed by atoms with Crippen molar-refractivity contribution < 1.29 is 24.9 Å². The van der Waals surface area contributed by atoms with Gasteiger partial charge in [0.05, 0.1) is 0 Å². The third-order valence-corrected chi connectivity index (χ3v) is 3.94. The summed E-state index contributed by atoms with van der Waals surface area (Å²) in [7, 11) is 0. The molecular formula is C9H15NO5S. The largest absolute Gasteiger partial charge is 0.479 e. The Hall–Kier alpha value is -0.950. The minimum Gasteiger partial charge on any atom is -0.479 e. The summed E-state index contributed by atoms with van der Waals surface area (Å²) in [6.45, 7) is 0.965. The molecule has 1 atom stereocenters. The number of rotatable bonds is 4. The smallest absolute Gasteiger partial charge is 0.407 e. The number of hydrogen-bond donors (Lipinski definition) is 3. The predicted octanol–water partition coefficient (Wildman–Crippen LogP) is 0.308. The van der Waals surface area contributed by atoms with E-state index in [4.69, 9.17) is 15.3 Å². The molecule has 0 bridgehead atoms. The summed E-state index contributed by atoms with van der Waals surface area (Å²) in [5, 5.41) is 26.5. The average molecular weight is 249 g/mol. The molecule has 92 valence electrons. The quantitative estimate of drug-likeness (QED) is 0.663. The molecule has 7 heteroatoms. The molecule has 0 radical (unpaired) electrons. The van der Waals surface area contributed by atoms with Gasteiger partial charge in [0, 0.05) is 24.1 Å². The predicted molar refractivity (Wildman–Crippen MR) is 58.7 cm³/mol. The molecule has 0 aliphatic carbocycles. The summed E-state index contributed by atoms with van der Waals surface area (Å²) in [6.07, 6.45) is -0.816. The second-order valence-electron chi connectivity index (χ2n) is 3.66. The highest BCUT2D eigenvalue weighted by molar-refractivity contribution is 7.99. The number of aliphatic carboxylic acids is 1. The first kappa shape index (κ1) is 13.1. The van der Waals surface area contributed by atoms with Crippen molar-refractivity contribution in [1.29, 1.82) is 0 Å². The lowest BCUT2D eigenvalue weighted by Crippen LogP contribution is -2.38. The highest BCUT2D eigenvalue weighted by Gasteiger charge is 2.24. The van der Waals surface area contributed by atoms with Crippen LogP contribution in [0.2, 0.25) is 0 Å². The van der Waals surface area contributed by atoms with E-state index in [0.717, 1.165) is 0 Å². The summed E-state index contributed by atoms with van der Waals surface area (Å²) < 4.78 is 0. The molecule has 0 spiro atoms. The number of carboxylic acid groups (broad SMARTS) is 2. The second kappa shape index (κ2) is 5.95. The summed E-state index contributed by atoms with van der Waals surface area (Å²) in [5.41, 5.74) is 0. The number of thioether (sulfide) groups is 1. The summed E-state index contributed by atoms with van der Waals surface area (Å²) in [5.74, 6) is -1.05. The van der Waals surface area contributed by atoms with Crippen LogP contribution in [-0.2, 0) is 4.79 Å². The first-order chi connectivity index (χ1) is 7.50. The van der Waals surface area contributed by atoms with Gasteiger partial charge < -0.3 is 20.2 Å². The molecule has 1 aliphatic rings. The second-order valence-corrected chi connectivity index (χ2v) is 4.99. The maximum atomic E-state index is 10.6. The van der Waals surface area contributed by atoms with Crippen LogP contribution in [-0.4, -0.2) is 62.5 Å². The van der Waals surface area contributed by atoms with Gasteiger partial charge in [-0.15, -0.1) is 0 Å². The van der Waals surface area contributed by atoms with E-state index in [-0.39, 0.29) is 11.0 Å². The van der Waals surface area contributed by atoms with E-state index in [0.29, 0.717) is 25.9 Å². The third-order valence-electron chi connectivity index (χ3n) is 2.49. The van der Waals surface area contributed by atoms with E-state index < -0.39 is 18.2 Å². The van der Waals surface area contributed by atoms with Gasteiger partial charge in [0.15, 0.2) is 6.10 Å². The van der Waals surface area contributed by atoms with Gasteiger partial charge in [-0.2, -0.15) is 11.8 Å². The van der Waals surface area contributed by atoms with E-state index in [1.54, 1.807) is 0 Å². The highest BCUT2D eigenvalue weighted by atomic mass is 32.2. The van der Waals surface area contributed by atoms with Crippen molar-refractivity contribution in [2.75, 3.05) is 18.8 Å². The summed E-state index contributed by atoms with van der Waals surface area (Å²) in [4.78, 5) is 22.3. The molecule has 0 aromatic heterocycles. The van der Waals surface area contributed by atoms with Crippen molar-refractivity contribution in [3.63, 3.8) is 0 Å². The van der Waals surface area contributed by atoms with E-state index in [1.807, 2.05) is 0 Å². The Balaban J connectivity index is 2.22. The van der Waals surface area contributed by atoms with Crippen molar-refractivity contribution in [2.45, 2.75) is 24.2 Å². The lowest BCUT2D eigenvalue weighted by molar-refractivity contribution is -0.145. The molecule has 1 heterocycles. The van der Waals surface area contributed by atoms with Gasteiger partial charge in [-0.1, -0.05) is 0 Å². The molecular weight excluding hydrogens is 234 g/mol. The lowest BCUT2D eigenvalue weighted by atomic mass is 10.1. The van der Waals surface area contributed by atoms with Crippen LogP contribution in [0.1, 0.15) is 12.8 Å². The summed E-state index contributed by atoms with van der Waals surface area (Å²) >= 11 is 1.40. The Kier molecular flexibility index (Phi) is 4.88. The zero-order valence-corrected chi connectivity index (χ0v) is 9.52. The molecule has 1 amide bonds. The molecule has 1 rings (SSSR count). The minimum absolute atomic E-state index is 0.160. The molecule has 1 aliphatic heterocycles. The Morgan fingerprint density at radius 3 is 2.31 bits per heavy atom. The standard InChI is InChI=1S/C9H15NO5S/c11-7(8(12)13)5-16-6-1-3-10(4-2-6)9(14)15/h6-7,11H,1-5H2,(H,12,13)(H,14,15). The fourth-order valence-electron chi connectivity index (χ4n) is 1.51. The fourth-order valence-corrected chi connectivity index (χ4v) is 2.65. The number of likely N-dealkylation sites (tertiary alicyclic amines) is 1. The van der Waals surface area contributed by atoms with Gasteiger partial charge in [0.25, 0.3) is 0 Å². The number of aliphatic hydroxyl groups is 1. The summed E-state index contributed by atoms with van der Waals surface area (Å²) in [6, 6.07) is 0. The van der Waals surface area contributed by atoms with Gasteiger partial charge in [-0.3, -0.25) is 0 Å². The molecule has 0 aromatic carbocycles. The van der Waals surface area contributed by atoms with Crippen molar-refractivity contribution in [1.82, 2.24) is 4.90 Å². The van der Waals surface area contributed by atoms with Gasteiger partial charge in [-0.25, -0.2) is 9.59 Å². The Labute approximate surface area is 97.2 Å².